The lowest BCUT2D eigenvalue weighted by Crippen LogP contribution is -2.22. The summed E-state index contributed by atoms with van der Waals surface area (Å²) in [5.74, 6) is 0.990. The van der Waals surface area contributed by atoms with E-state index in [0.29, 0.717) is 12.5 Å². The summed E-state index contributed by atoms with van der Waals surface area (Å²) >= 11 is 0. The first-order chi connectivity index (χ1) is 10.2. The molecule has 2 aliphatic rings. The molecule has 0 bridgehead atoms. The third-order valence-corrected chi connectivity index (χ3v) is 3.81. The fourth-order valence-corrected chi connectivity index (χ4v) is 2.54. The summed E-state index contributed by atoms with van der Waals surface area (Å²) in [6.07, 6.45) is 2.07. The van der Waals surface area contributed by atoms with Crippen molar-refractivity contribution in [1.29, 1.82) is 0 Å². The van der Waals surface area contributed by atoms with Gasteiger partial charge in [-0.25, -0.2) is 4.79 Å². The van der Waals surface area contributed by atoms with Crippen LogP contribution in [-0.2, 0) is 9.53 Å². The average Bonchev–Trinajstić information content (AvgIpc) is 2.85. The number of hydrogen-bond acceptors (Lipinski definition) is 4. The van der Waals surface area contributed by atoms with Crippen molar-refractivity contribution in [3.63, 3.8) is 0 Å². The Morgan fingerprint density at radius 1 is 1.14 bits per heavy atom. The fraction of sp³-hybridized carbons (Fsp3) is 0.467. The molecule has 2 N–H and O–H groups in total. The number of rotatable bonds is 4. The summed E-state index contributed by atoms with van der Waals surface area (Å²) in [7, 11) is 0. The van der Waals surface area contributed by atoms with E-state index in [1.54, 1.807) is 12.1 Å². The number of carbonyl (C=O) groups excluding carboxylic acids is 2. The van der Waals surface area contributed by atoms with Crippen LogP contribution in [0.5, 0.6) is 5.75 Å². The summed E-state index contributed by atoms with van der Waals surface area (Å²) in [5.41, 5.74) is 0.747. The highest BCUT2D eigenvalue weighted by Gasteiger charge is 2.30. The summed E-state index contributed by atoms with van der Waals surface area (Å²) in [5, 5.41) is 4.78. The first-order valence-electron chi connectivity index (χ1n) is 7.14. The van der Waals surface area contributed by atoms with E-state index in [0.717, 1.165) is 37.4 Å². The summed E-state index contributed by atoms with van der Waals surface area (Å²) in [6, 6.07) is 6.19. The number of hydrogen-bond donors (Lipinski definition) is 2. The maximum atomic E-state index is 11.6. The second-order valence-corrected chi connectivity index (χ2v) is 5.33. The van der Waals surface area contributed by atoms with Gasteiger partial charge in [0.1, 0.15) is 11.8 Å². The Labute approximate surface area is 122 Å². The summed E-state index contributed by atoms with van der Waals surface area (Å²) in [4.78, 5) is 22.7. The second kappa shape index (κ2) is 6.13. The Morgan fingerprint density at radius 2 is 1.86 bits per heavy atom. The second-order valence-electron chi connectivity index (χ2n) is 5.33. The third kappa shape index (κ3) is 3.33. The number of urea groups is 1. The standard InChI is InChI=1S/C15H18N2O4/c18-14-13(16-15(19)17-14)11-1-3-12(4-2-11)21-9-10-5-7-20-8-6-10/h1-4,10,13H,5-9H2,(H2,16,17,18,19)/t13-/m0/s1. The SMILES string of the molecule is O=C1NC(=O)[C@H](c2ccc(OCC3CCOCC3)cc2)N1. The minimum absolute atomic E-state index is 0.323. The highest BCUT2D eigenvalue weighted by Crippen LogP contribution is 2.22. The smallest absolute Gasteiger partial charge is 0.322 e. The number of ether oxygens (including phenoxy) is 2. The lowest BCUT2D eigenvalue weighted by atomic mass is 10.0. The summed E-state index contributed by atoms with van der Waals surface area (Å²) in [6.45, 7) is 2.30. The molecule has 21 heavy (non-hydrogen) atoms. The molecule has 6 nitrogen and oxygen atoms in total. The third-order valence-electron chi connectivity index (χ3n) is 3.81. The first kappa shape index (κ1) is 13.9. The highest BCUT2D eigenvalue weighted by atomic mass is 16.5. The van der Waals surface area contributed by atoms with Gasteiger partial charge >= 0.3 is 6.03 Å². The number of amides is 3. The molecular weight excluding hydrogens is 272 g/mol. The predicted octanol–water partition coefficient (Wildman–Crippen LogP) is 1.37. The Kier molecular flexibility index (Phi) is 4.06. The van der Waals surface area contributed by atoms with E-state index in [1.165, 1.54) is 0 Å². The summed E-state index contributed by atoms with van der Waals surface area (Å²) < 4.78 is 11.1. The molecule has 0 aromatic heterocycles. The van der Waals surface area contributed by atoms with Crippen molar-refractivity contribution in [3.05, 3.63) is 29.8 Å². The molecule has 1 aromatic carbocycles. The zero-order valence-electron chi connectivity index (χ0n) is 11.6. The van der Waals surface area contributed by atoms with Crippen LogP contribution in [0.15, 0.2) is 24.3 Å². The van der Waals surface area contributed by atoms with Crippen LogP contribution in [0.3, 0.4) is 0 Å². The van der Waals surface area contributed by atoms with Gasteiger partial charge in [-0.1, -0.05) is 12.1 Å². The van der Waals surface area contributed by atoms with Gasteiger partial charge in [-0.2, -0.15) is 0 Å². The zero-order valence-corrected chi connectivity index (χ0v) is 11.6. The van der Waals surface area contributed by atoms with E-state index in [4.69, 9.17) is 9.47 Å². The van der Waals surface area contributed by atoms with Crippen LogP contribution in [-0.4, -0.2) is 31.8 Å². The topological polar surface area (TPSA) is 76.7 Å². The van der Waals surface area contributed by atoms with Gasteiger partial charge in [-0.15, -0.1) is 0 Å². The van der Waals surface area contributed by atoms with Crippen LogP contribution in [0.1, 0.15) is 24.4 Å². The lowest BCUT2D eigenvalue weighted by molar-refractivity contribution is -0.120. The van der Waals surface area contributed by atoms with Crippen molar-refractivity contribution in [1.82, 2.24) is 10.6 Å². The van der Waals surface area contributed by atoms with Crippen LogP contribution in [0.4, 0.5) is 4.79 Å². The van der Waals surface area contributed by atoms with Gasteiger partial charge in [-0.3, -0.25) is 10.1 Å². The van der Waals surface area contributed by atoms with Crippen LogP contribution < -0.4 is 15.4 Å². The number of imide groups is 1. The number of carbonyl (C=O) groups is 2. The van der Waals surface area contributed by atoms with Crippen molar-refractivity contribution in [2.24, 2.45) is 5.92 Å². The Bertz CT molecular complexity index is 523. The van der Waals surface area contributed by atoms with E-state index < -0.39 is 12.1 Å². The molecule has 0 saturated carbocycles. The molecule has 2 aliphatic heterocycles. The monoisotopic (exact) mass is 290 g/mol. The van der Waals surface area contributed by atoms with Crippen molar-refractivity contribution in [2.75, 3.05) is 19.8 Å². The minimum Gasteiger partial charge on any atom is -0.493 e. The zero-order chi connectivity index (χ0) is 14.7. The average molecular weight is 290 g/mol. The van der Waals surface area contributed by atoms with Crippen LogP contribution in [0.25, 0.3) is 0 Å². The fourth-order valence-electron chi connectivity index (χ4n) is 2.54. The molecule has 2 fully saturated rings. The molecule has 2 saturated heterocycles. The number of nitrogens with one attached hydrogen (secondary N) is 2. The molecule has 112 valence electrons. The quantitative estimate of drug-likeness (QED) is 0.821. The van der Waals surface area contributed by atoms with Gasteiger partial charge in [0, 0.05) is 13.2 Å². The van der Waals surface area contributed by atoms with Crippen molar-refractivity contribution in [2.45, 2.75) is 18.9 Å². The van der Waals surface area contributed by atoms with Crippen molar-refractivity contribution >= 4 is 11.9 Å². The first-order valence-corrected chi connectivity index (χ1v) is 7.14. The molecule has 6 heteroatoms. The van der Waals surface area contributed by atoms with Crippen molar-refractivity contribution in [3.8, 4) is 5.75 Å². The van der Waals surface area contributed by atoms with Gasteiger partial charge in [0.15, 0.2) is 0 Å². The molecule has 2 heterocycles. The maximum absolute atomic E-state index is 11.6. The normalized spacial score (nSPS) is 22.8. The molecular formula is C15H18N2O4. The molecule has 1 aromatic rings. The van der Waals surface area contributed by atoms with Gasteiger partial charge in [0.25, 0.3) is 5.91 Å². The van der Waals surface area contributed by atoms with Gasteiger partial charge in [0.05, 0.1) is 6.61 Å². The van der Waals surface area contributed by atoms with Gasteiger partial charge in [0.2, 0.25) is 0 Å². The molecule has 0 unspecified atom stereocenters. The predicted molar refractivity (Wildman–Crippen MR) is 74.9 cm³/mol. The van der Waals surface area contributed by atoms with Crippen LogP contribution in [0, 0.1) is 5.92 Å². The molecule has 3 rings (SSSR count). The molecule has 0 radical (unpaired) electrons. The van der Waals surface area contributed by atoms with Crippen molar-refractivity contribution < 1.29 is 19.1 Å². The Hall–Kier alpha value is -2.08. The molecule has 3 amide bonds. The Morgan fingerprint density at radius 3 is 2.48 bits per heavy atom. The van der Waals surface area contributed by atoms with E-state index in [9.17, 15) is 9.59 Å². The van der Waals surface area contributed by atoms with Gasteiger partial charge in [-0.05, 0) is 36.5 Å². The van der Waals surface area contributed by atoms with E-state index in [2.05, 4.69) is 10.6 Å². The lowest BCUT2D eigenvalue weighted by Gasteiger charge is -2.22. The van der Waals surface area contributed by atoms with E-state index >= 15 is 0 Å². The largest absolute Gasteiger partial charge is 0.493 e. The van der Waals surface area contributed by atoms with Crippen LogP contribution >= 0.6 is 0 Å². The van der Waals surface area contributed by atoms with E-state index in [1.807, 2.05) is 12.1 Å². The Balaban J connectivity index is 1.56. The number of benzene rings is 1. The van der Waals surface area contributed by atoms with Gasteiger partial charge < -0.3 is 14.8 Å². The maximum Gasteiger partial charge on any atom is 0.322 e. The van der Waals surface area contributed by atoms with E-state index in [-0.39, 0.29) is 5.91 Å². The highest BCUT2D eigenvalue weighted by molar-refractivity contribution is 6.04. The molecule has 1 atom stereocenters. The minimum atomic E-state index is -0.609. The molecule has 0 spiro atoms. The molecule has 0 aliphatic carbocycles. The van der Waals surface area contributed by atoms with Crippen LogP contribution in [0.2, 0.25) is 0 Å².